The second-order valence-corrected chi connectivity index (χ2v) is 11.7. The third-order valence-corrected chi connectivity index (χ3v) is 7.51. The Labute approximate surface area is 253 Å². The largest absolute Gasteiger partial charge is 0.495 e. The van der Waals surface area contributed by atoms with Crippen LogP contribution in [0.5, 0.6) is 17.2 Å². The molecule has 0 saturated carbocycles. The van der Waals surface area contributed by atoms with Gasteiger partial charge in [0.05, 0.1) is 25.1 Å². The van der Waals surface area contributed by atoms with Crippen LogP contribution in [0.25, 0.3) is 10.8 Å². The maximum atomic E-state index is 13.1. The number of amides is 2. The lowest BCUT2D eigenvalue weighted by Crippen LogP contribution is -2.46. The molecule has 2 amide bonds. The lowest BCUT2D eigenvalue weighted by atomic mass is 9.87. The molecule has 0 radical (unpaired) electrons. The van der Waals surface area contributed by atoms with Crippen LogP contribution in [0.1, 0.15) is 26.3 Å². The molecule has 2 N–H and O–H groups in total. The van der Waals surface area contributed by atoms with Gasteiger partial charge in [0.15, 0.2) is 0 Å². The van der Waals surface area contributed by atoms with E-state index in [1.54, 1.807) is 7.11 Å². The number of hydrogen-bond donors (Lipinski definition) is 2. The van der Waals surface area contributed by atoms with Gasteiger partial charge >= 0.3 is 6.03 Å². The van der Waals surface area contributed by atoms with Crippen LogP contribution >= 0.6 is 0 Å². The Bertz CT molecular complexity index is 1520. The van der Waals surface area contributed by atoms with Crippen molar-refractivity contribution in [3.8, 4) is 17.2 Å². The van der Waals surface area contributed by atoms with Gasteiger partial charge in [-0.3, -0.25) is 4.90 Å². The van der Waals surface area contributed by atoms with Gasteiger partial charge in [-0.15, -0.1) is 0 Å². The minimum atomic E-state index is -0.346. The number of hydrogen-bond acceptors (Lipinski definition) is 6. The zero-order chi connectivity index (χ0) is 30.2. The minimum absolute atomic E-state index is 0.0159. The van der Waals surface area contributed by atoms with Crippen molar-refractivity contribution < 1.29 is 23.7 Å². The average molecular weight is 584 g/mol. The van der Waals surface area contributed by atoms with E-state index in [0.717, 1.165) is 47.5 Å². The Hall–Kier alpha value is -4.27. The zero-order valence-electron chi connectivity index (χ0n) is 25.4. The van der Waals surface area contributed by atoms with Gasteiger partial charge < -0.3 is 29.6 Å². The molecule has 8 heteroatoms. The van der Waals surface area contributed by atoms with E-state index in [9.17, 15) is 4.79 Å². The van der Waals surface area contributed by atoms with Gasteiger partial charge in [-0.25, -0.2) is 4.79 Å². The number of nitrogens with one attached hydrogen (secondary N) is 2. The van der Waals surface area contributed by atoms with Gasteiger partial charge in [-0.05, 0) is 47.4 Å². The topological polar surface area (TPSA) is 81.3 Å². The molecule has 4 aromatic rings. The Balaban J connectivity index is 1.19. The molecule has 5 rings (SSSR count). The lowest BCUT2D eigenvalue weighted by molar-refractivity contribution is -0.0501. The first-order valence-corrected chi connectivity index (χ1v) is 14.7. The number of urea groups is 1. The molecule has 226 valence electrons. The van der Waals surface area contributed by atoms with E-state index in [1.807, 2.05) is 84.9 Å². The maximum Gasteiger partial charge on any atom is 0.323 e. The molecule has 0 aromatic heterocycles. The van der Waals surface area contributed by atoms with Crippen molar-refractivity contribution in [1.82, 2.24) is 4.90 Å². The third kappa shape index (κ3) is 7.97. The number of carbonyl (C=O) groups excluding carboxylic acids is 1. The number of carbonyl (C=O) groups is 1. The summed E-state index contributed by atoms with van der Waals surface area (Å²) in [5.41, 5.74) is 2.35. The fraction of sp³-hybridized carbons (Fsp3) is 0.343. The summed E-state index contributed by atoms with van der Waals surface area (Å²) in [7, 11) is 1.60. The molecule has 1 fully saturated rings. The monoisotopic (exact) mass is 583 g/mol. The van der Waals surface area contributed by atoms with Gasteiger partial charge in [-0.1, -0.05) is 69.3 Å². The fourth-order valence-corrected chi connectivity index (χ4v) is 5.13. The van der Waals surface area contributed by atoms with Gasteiger partial charge in [0, 0.05) is 30.4 Å². The van der Waals surface area contributed by atoms with E-state index in [1.165, 1.54) is 0 Å². The second-order valence-electron chi connectivity index (χ2n) is 11.7. The number of anilines is 2. The quantitative estimate of drug-likeness (QED) is 0.210. The average Bonchev–Trinajstić information content (AvgIpc) is 3.01. The maximum absolute atomic E-state index is 13.1. The highest BCUT2D eigenvalue weighted by Crippen LogP contribution is 2.34. The lowest BCUT2D eigenvalue weighted by Gasteiger charge is -2.32. The number of methoxy groups -OCH3 is 1. The summed E-state index contributed by atoms with van der Waals surface area (Å²) in [5, 5.41) is 7.81. The second kappa shape index (κ2) is 13.8. The number of nitrogens with zero attached hydrogens (tertiary/aromatic N) is 1. The van der Waals surface area contributed by atoms with E-state index in [2.05, 4.69) is 36.3 Å². The van der Waals surface area contributed by atoms with Crippen LogP contribution in [0, 0.1) is 0 Å². The Morgan fingerprint density at radius 1 is 0.884 bits per heavy atom. The smallest absolute Gasteiger partial charge is 0.323 e. The van der Waals surface area contributed by atoms with Gasteiger partial charge in [0.1, 0.15) is 36.6 Å². The van der Waals surface area contributed by atoms with Gasteiger partial charge in [-0.2, -0.15) is 0 Å². The van der Waals surface area contributed by atoms with E-state index >= 15 is 0 Å². The zero-order valence-corrected chi connectivity index (χ0v) is 25.4. The number of morpholine rings is 1. The van der Waals surface area contributed by atoms with Crippen LogP contribution < -0.4 is 24.8 Å². The van der Waals surface area contributed by atoms with Crippen LogP contribution in [0.2, 0.25) is 0 Å². The normalized spacial score (nSPS) is 15.6. The predicted octanol–water partition coefficient (Wildman–Crippen LogP) is 6.95. The number of fused-ring (bicyclic) bond motifs is 1. The summed E-state index contributed by atoms with van der Waals surface area (Å²) in [6.45, 7) is 10.5. The number of ether oxygens (including phenoxy) is 4. The molecular weight excluding hydrogens is 542 g/mol. The fourth-order valence-electron chi connectivity index (χ4n) is 5.13. The number of rotatable bonds is 10. The molecular formula is C35H41N3O5. The van der Waals surface area contributed by atoms with Crippen LogP contribution in [0.15, 0.2) is 84.9 Å². The summed E-state index contributed by atoms with van der Waals surface area (Å²) >= 11 is 0. The van der Waals surface area contributed by atoms with E-state index in [0.29, 0.717) is 36.9 Å². The van der Waals surface area contributed by atoms with E-state index in [-0.39, 0.29) is 17.6 Å². The molecule has 1 atom stereocenters. The predicted molar refractivity (Wildman–Crippen MR) is 172 cm³/mol. The minimum Gasteiger partial charge on any atom is -0.495 e. The van der Waals surface area contributed by atoms with Crippen molar-refractivity contribution in [2.75, 3.05) is 57.2 Å². The molecule has 1 unspecified atom stereocenters. The van der Waals surface area contributed by atoms with Crippen molar-refractivity contribution in [2.45, 2.75) is 32.3 Å². The summed E-state index contributed by atoms with van der Waals surface area (Å²) < 4.78 is 23.6. The highest BCUT2D eigenvalue weighted by atomic mass is 16.5. The molecule has 1 aliphatic rings. The summed E-state index contributed by atoms with van der Waals surface area (Å²) in [6.07, 6.45) is 0.0159. The Morgan fingerprint density at radius 3 is 2.37 bits per heavy atom. The van der Waals surface area contributed by atoms with Crippen molar-refractivity contribution in [3.63, 3.8) is 0 Å². The highest BCUT2D eigenvalue weighted by Gasteiger charge is 2.21. The van der Waals surface area contributed by atoms with Crippen LogP contribution in [0.4, 0.5) is 16.2 Å². The van der Waals surface area contributed by atoms with Gasteiger partial charge in [0.25, 0.3) is 0 Å². The van der Waals surface area contributed by atoms with E-state index < -0.39 is 0 Å². The standard InChI is InChI=1S/C35H41N3O5/c1-35(2,3)25-14-16-33(40-4)31(22-25)37-34(39)36-30-15-17-32(29-13-9-8-12-28(29)30)42-21-19-38-18-20-41-27(23-38)24-43-26-10-6-5-7-11-26/h5-17,22,27H,18-21,23-24H2,1-4H3,(H2,36,37,39). The number of benzene rings is 4. The van der Waals surface area contributed by atoms with Crippen LogP contribution in [-0.2, 0) is 10.2 Å². The summed E-state index contributed by atoms with van der Waals surface area (Å²) in [6, 6.07) is 27.0. The number of para-hydroxylation sites is 1. The molecule has 4 aromatic carbocycles. The first-order chi connectivity index (χ1) is 20.8. The van der Waals surface area contributed by atoms with Crippen molar-refractivity contribution in [1.29, 1.82) is 0 Å². The van der Waals surface area contributed by atoms with Crippen molar-refractivity contribution in [3.05, 3.63) is 90.5 Å². The first kappa shape index (κ1) is 30.2. The Kier molecular flexibility index (Phi) is 9.69. The summed E-state index contributed by atoms with van der Waals surface area (Å²) in [4.78, 5) is 15.4. The first-order valence-electron chi connectivity index (χ1n) is 14.7. The Morgan fingerprint density at radius 2 is 1.60 bits per heavy atom. The van der Waals surface area contributed by atoms with Crippen molar-refractivity contribution in [2.24, 2.45) is 0 Å². The SMILES string of the molecule is COc1ccc(C(C)(C)C)cc1NC(=O)Nc1ccc(OCCN2CCOC(COc3ccccc3)C2)c2ccccc12. The van der Waals surface area contributed by atoms with Crippen LogP contribution in [0.3, 0.4) is 0 Å². The molecule has 1 saturated heterocycles. The molecule has 8 nitrogen and oxygen atoms in total. The molecule has 0 aliphatic carbocycles. The van der Waals surface area contributed by atoms with E-state index in [4.69, 9.17) is 18.9 Å². The van der Waals surface area contributed by atoms with Crippen molar-refractivity contribution >= 4 is 28.2 Å². The molecule has 43 heavy (non-hydrogen) atoms. The molecule has 1 heterocycles. The molecule has 0 spiro atoms. The van der Waals surface area contributed by atoms with Crippen LogP contribution in [-0.4, -0.2) is 63.6 Å². The van der Waals surface area contributed by atoms with Gasteiger partial charge in [0.2, 0.25) is 0 Å². The molecule has 1 aliphatic heterocycles. The third-order valence-electron chi connectivity index (χ3n) is 7.51. The highest BCUT2D eigenvalue weighted by molar-refractivity contribution is 6.08. The summed E-state index contributed by atoms with van der Waals surface area (Å²) in [5.74, 6) is 2.23. The molecule has 0 bridgehead atoms.